The van der Waals surface area contributed by atoms with Crippen LogP contribution >= 0.6 is 15.9 Å². The van der Waals surface area contributed by atoms with Crippen LogP contribution in [0.2, 0.25) is 0 Å². The molecule has 0 fully saturated rings. The predicted molar refractivity (Wildman–Crippen MR) is 76.3 cm³/mol. The van der Waals surface area contributed by atoms with Gasteiger partial charge in [0.05, 0.1) is 15.9 Å². The first kappa shape index (κ1) is 14.7. The van der Waals surface area contributed by atoms with Gasteiger partial charge in [-0.3, -0.25) is 4.68 Å². The van der Waals surface area contributed by atoms with Crippen LogP contribution in [-0.2, 0) is 13.5 Å². The quantitative estimate of drug-likeness (QED) is 0.875. The van der Waals surface area contributed by atoms with Gasteiger partial charge < -0.3 is 5.32 Å². The van der Waals surface area contributed by atoms with Gasteiger partial charge in [0.1, 0.15) is 0 Å². The van der Waals surface area contributed by atoms with Crippen LogP contribution in [0.3, 0.4) is 0 Å². The second-order valence-electron chi connectivity index (χ2n) is 5.01. The molecule has 1 aromatic rings. The summed E-state index contributed by atoms with van der Waals surface area (Å²) in [6.45, 7) is 9.75. The highest BCUT2D eigenvalue weighted by Crippen LogP contribution is 2.23. The molecule has 0 saturated heterocycles. The number of hydrogen-bond acceptors (Lipinski definition) is 2. The Hall–Kier alpha value is -0.350. The number of hydrogen-bond donors (Lipinski definition) is 1. The van der Waals surface area contributed by atoms with Crippen LogP contribution in [0.25, 0.3) is 0 Å². The molecule has 0 radical (unpaired) electrons. The van der Waals surface area contributed by atoms with E-state index in [1.807, 2.05) is 18.7 Å². The molecule has 0 bridgehead atoms. The number of aromatic nitrogens is 2. The summed E-state index contributed by atoms with van der Waals surface area (Å²) in [4.78, 5) is 0. The van der Waals surface area contributed by atoms with E-state index in [1.54, 1.807) is 0 Å². The maximum absolute atomic E-state index is 4.44. The molecule has 1 heterocycles. The van der Waals surface area contributed by atoms with Crippen molar-refractivity contribution < 1.29 is 0 Å². The average molecular weight is 302 g/mol. The smallest absolute Gasteiger partial charge is 0.0738 e. The molecule has 0 amide bonds. The minimum atomic E-state index is 0.556. The van der Waals surface area contributed by atoms with Gasteiger partial charge in [-0.25, -0.2) is 0 Å². The molecule has 1 unspecified atom stereocenters. The fraction of sp³-hybridized carbons (Fsp3) is 0.769. The topological polar surface area (TPSA) is 29.9 Å². The van der Waals surface area contributed by atoms with E-state index < -0.39 is 0 Å². The Bertz CT molecular complexity index is 358. The highest BCUT2D eigenvalue weighted by Gasteiger charge is 2.15. The number of halogens is 1. The number of rotatable bonds is 6. The van der Waals surface area contributed by atoms with E-state index in [0.717, 1.165) is 18.7 Å². The molecule has 0 spiro atoms. The molecule has 98 valence electrons. The Morgan fingerprint density at radius 3 is 2.47 bits per heavy atom. The van der Waals surface area contributed by atoms with Crippen molar-refractivity contribution in [2.45, 2.75) is 46.6 Å². The van der Waals surface area contributed by atoms with Crippen LogP contribution in [0.4, 0.5) is 0 Å². The molecule has 1 N–H and O–H groups in total. The monoisotopic (exact) mass is 301 g/mol. The highest BCUT2D eigenvalue weighted by atomic mass is 79.9. The first-order valence-corrected chi connectivity index (χ1v) is 7.16. The van der Waals surface area contributed by atoms with Gasteiger partial charge in [0.2, 0.25) is 0 Å². The Morgan fingerprint density at radius 2 is 2.06 bits per heavy atom. The summed E-state index contributed by atoms with van der Waals surface area (Å²) in [5.41, 5.74) is 2.38. The number of nitrogens with one attached hydrogen (secondary N) is 1. The van der Waals surface area contributed by atoms with Crippen molar-refractivity contribution in [1.29, 1.82) is 0 Å². The average Bonchev–Trinajstić information content (AvgIpc) is 2.49. The van der Waals surface area contributed by atoms with E-state index in [0.29, 0.717) is 12.0 Å². The van der Waals surface area contributed by atoms with E-state index in [1.165, 1.54) is 16.6 Å². The number of nitrogens with zero attached hydrogens (tertiary/aromatic N) is 2. The van der Waals surface area contributed by atoms with Gasteiger partial charge in [-0.1, -0.05) is 27.2 Å². The van der Waals surface area contributed by atoms with Gasteiger partial charge in [-0.05, 0) is 41.7 Å². The lowest BCUT2D eigenvalue weighted by atomic mass is 10.00. The molecule has 1 aromatic heterocycles. The van der Waals surface area contributed by atoms with E-state index in [-0.39, 0.29) is 0 Å². The highest BCUT2D eigenvalue weighted by molar-refractivity contribution is 9.10. The van der Waals surface area contributed by atoms with Crippen LogP contribution in [0.15, 0.2) is 4.47 Å². The molecule has 3 nitrogen and oxygen atoms in total. The summed E-state index contributed by atoms with van der Waals surface area (Å²) in [6.07, 6.45) is 2.27. The van der Waals surface area contributed by atoms with Crippen molar-refractivity contribution in [2.75, 3.05) is 6.54 Å². The van der Waals surface area contributed by atoms with Crippen LogP contribution in [0.5, 0.6) is 0 Å². The Morgan fingerprint density at radius 1 is 1.41 bits per heavy atom. The summed E-state index contributed by atoms with van der Waals surface area (Å²) in [5, 5.41) is 7.96. The van der Waals surface area contributed by atoms with Crippen molar-refractivity contribution in [3.8, 4) is 0 Å². The van der Waals surface area contributed by atoms with Crippen molar-refractivity contribution in [3.05, 3.63) is 15.9 Å². The van der Waals surface area contributed by atoms with Gasteiger partial charge in [0.15, 0.2) is 0 Å². The largest absolute Gasteiger partial charge is 0.314 e. The van der Waals surface area contributed by atoms with Crippen LogP contribution in [0, 0.1) is 12.8 Å². The number of aryl methyl sites for hydroxylation is 2. The lowest BCUT2D eigenvalue weighted by molar-refractivity contribution is 0.426. The van der Waals surface area contributed by atoms with Gasteiger partial charge in [0, 0.05) is 13.1 Å². The van der Waals surface area contributed by atoms with Crippen molar-refractivity contribution in [3.63, 3.8) is 0 Å². The predicted octanol–water partition coefficient (Wildman–Crippen LogP) is 3.06. The lowest BCUT2D eigenvalue weighted by Crippen LogP contribution is -2.30. The zero-order chi connectivity index (χ0) is 13.0. The van der Waals surface area contributed by atoms with Crippen LogP contribution in [0.1, 0.15) is 38.6 Å². The molecule has 4 heteroatoms. The fourth-order valence-electron chi connectivity index (χ4n) is 1.94. The molecule has 1 atom stereocenters. The summed E-state index contributed by atoms with van der Waals surface area (Å²) >= 11 is 3.63. The Labute approximate surface area is 113 Å². The van der Waals surface area contributed by atoms with Crippen LogP contribution in [-0.4, -0.2) is 22.4 Å². The zero-order valence-electron chi connectivity index (χ0n) is 11.5. The first-order chi connectivity index (χ1) is 7.95. The van der Waals surface area contributed by atoms with Crippen molar-refractivity contribution in [1.82, 2.24) is 15.1 Å². The van der Waals surface area contributed by atoms with Crippen molar-refractivity contribution >= 4 is 15.9 Å². The summed E-state index contributed by atoms with van der Waals surface area (Å²) in [7, 11) is 2.02. The summed E-state index contributed by atoms with van der Waals surface area (Å²) < 4.78 is 3.17. The van der Waals surface area contributed by atoms with Gasteiger partial charge in [-0.2, -0.15) is 5.10 Å². The Balaban J connectivity index is 2.67. The van der Waals surface area contributed by atoms with Gasteiger partial charge >= 0.3 is 0 Å². The Kier molecular flexibility index (Phi) is 5.67. The van der Waals surface area contributed by atoms with Crippen molar-refractivity contribution in [2.24, 2.45) is 13.0 Å². The second-order valence-corrected chi connectivity index (χ2v) is 5.80. The maximum Gasteiger partial charge on any atom is 0.0738 e. The van der Waals surface area contributed by atoms with E-state index in [2.05, 4.69) is 47.1 Å². The lowest BCUT2D eigenvalue weighted by Gasteiger charge is -2.18. The summed E-state index contributed by atoms with van der Waals surface area (Å²) in [5.74, 6) is 0.670. The zero-order valence-corrected chi connectivity index (χ0v) is 13.1. The summed E-state index contributed by atoms with van der Waals surface area (Å²) in [6, 6.07) is 0.556. The van der Waals surface area contributed by atoms with Gasteiger partial charge in [0.25, 0.3) is 0 Å². The molecule has 0 aliphatic rings. The fourth-order valence-corrected chi connectivity index (χ4v) is 2.44. The minimum absolute atomic E-state index is 0.556. The molecule has 0 aliphatic carbocycles. The molecule has 0 aliphatic heterocycles. The third kappa shape index (κ3) is 4.11. The minimum Gasteiger partial charge on any atom is -0.314 e. The van der Waals surface area contributed by atoms with Crippen LogP contribution < -0.4 is 5.32 Å². The van der Waals surface area contributed by atoms with Gasteiger partial charge in [-0.15, -0.1) is 0 Å². The SMILES string of the molecule is CCC(CNC(C)C)Cc1c(Br)c(C)nn1C. The molecular formula is C13H24BrN3. The third-order valence-electron chi connectivity index (χ3n) is 3.14. The molecule has 17 heavy (non-hydrogen) atoms. The standard InChI is InChI=1S/C13H24BrN3/c1-6-11(8-15-9(2)3)7-12-13(14)10(4)16-17(12)5/h9,11,15H,6-8H2,1-5H3. The molecule has 0 saturated carbocycles. The van der Waals surface area contributed by atoms with E-state index in [4.69, 9.17) is 0 Å². The normalized spacial score (nSPS) is 13.4. The third-order valence-corrected chi connectivity index (χ3v) is 4.17. The molecular weight excluding hydrogens is 278 g/mol. The second kappa shape index (κ2) is 6.55. The molecule has 1 rings (SSSR count). The first-order valence-electron chi connectivity index (χ1n) is 6.37. The maximum atomic E-state index is 4.44. The van der Waals surface area contributed by atoms with E-state index >= 15 is 0 Å². The molecule has 0 aromatic carbocycles. The van der Waals surface area contributed by atoms with E-state index in [9.17, 15) is 0 Å².